The number of aromatic nitrogens is 2. The van der Waals surface area contributed by atoms with Crippen LogP contribution >= 0.6 is 0 Å². The number of nitrogens with zero attached hydrogens (tertiary/aromatic N) is 2. The summed E-state index contributed by atoms with van der Waals surface area (Å²) in [7, 11) is 0.950. The van der Waals surface area contributed by atoms with E-state index in [0.717, 1.165) is 17.8 Å². The summed E-state index contributed by atoms with van der Waals surface area (Å²) in [6.45, 7) is 3.21. The predicted octanol–water partition coefficient (Wildman–Crippen LogP) is 2.26. The highest BCUT2D eigenvalue weighted by atomic mass is 16.5. The standard InChI is InChI=1S/C16H21BN2O4/c1-3-8-22-16-9-13(4-5-15(16)21-2)19-7-6-14(18-19)12-10-17(20)23-11-12/h4-7,9,12,20H,3,8,10-11H2,1-2H3/t12-/m0/s1. The molecule has 1 aliphatic heterocycles. The normalized spacial score (nSPS) is 17.5. The Hall–Kier alpha value is -1.99. The maximum atomic E-state index is 9.47. The molecule has 0 aliphatic carbocycles. The molecule has 2 heterocycles. The summed E-state index contributed by atoms with van der Waals surface area (Å²) in [5, 5.41) is 14.1. The van der Waals surface area contributed by atoms with E-state index in [1.807, 2.05) is 30.5 Å². The van der Waals surface area contributed by atoms with Crippen LogP contribution in [0.1, 0.15) is 25.0 Å². The molecule has 1 aromatic heterocycles. The summed E-state index contributed by atoms with van der Waals surface area (Å²) in [6, 6.07) is 7.70. The van der Waals surface area contributed by atoms with Crippen LogP contribution in [0.4, 0.5) is 0 Å². The summed E-state index contributed by atoms with van der Waals surface area (Å²) in [6.07, 6.45) is 3.43. The first-order chi connectivity index (χ1) is 11.2. The average molecular weight is 316 g/mol. The van der Waals surface area contributed by atoms with Crippen LogP contribution in [0.2, 0.25) is 6.32 Å². The van der Waals surface area contributed by atoms with Gasteiger partial charge in [-0.1, -0.05) is 6.92 Å². The van der Waals surface area contributed by atoms with Crippen molar-refractivity contribution in [3.63, 3.8) is 0 Å². The van der Waals surface area contributed by atoms with Crippen LogP contribution in [0.3, 0.4) is 0 Å². The largest absolute Gasteiger partial charge is 0.493 e. The number of ether oxygens (including phenoxy) is 2. The van der Waals surface area contributed by atoms with Crippen molar-refractivity contribution < 1.29 is 19.2 Å². The average Bonchev–Trinajstić information content (AvgIpc) is 3.21. The highest BCUT2D eigenvalue weighted by molar-refractivity contribution is 6.43. The van der Waals surface area contributed by atoms with Crippen molar-refractivity contribution in [2.45, 2.75) is 25.6 Å². The molecule has 0 unspecified atom stereocenters. The van der Waals surface area contributed by atoms with E-state index in [-0.39, 0.29) is 5.92 Å². The first kappa shape index (κ1) is 15.9. The fourth-order valence-corrected chi connectivity index (χ4v) is 2.65. The molecule has 1 atom stereocenters. The highest BCUT2D eigenvalue weighted by Gasteiger charge is 2.31. The molecule has 0 bridgehead atoms. The van der Waals surface area contributed by atoms with Gasteiger partial charge in [0.25, 0.3) is 0 Å². The van der Waals surface area contributed by atoms with Crippen molar-refractivity contribution in [1.82, 2.24) is 9.78 Å². The number of rotatable bonds is 6. The molecule has 1 aliphatic rings. The number of methoxy groups -OCH3 is 1. The van der Waals surface area contributed by atoms with Crippen LogP contribution < -0.4 is 9.47 Å². The third kappa shape index (κ3) is 3.51. The van der Waals surface area contributed by atoms with Crippen LogP contribution in [0.25, 0.3) is 5.69 Å². The molecule has 0 amide bonds. The maximum absolute atomic E-state index is 9.47. The van der Waals surface area contributed by atoms with Gasteiger partial charge in [-0.05, 0) is 30.9 Å². The van der Waals surface area contributed by atoms with Gasteiger partial charge in [-0.15, -0.1) is 0 Å². The van der Waals surface area contributed by atoms with Crippen LogP contribution in [-0.4, -0.2) is 42.2 Å². The second-order valence-electron chi connectivity index (χ2n) is 5.59. The lowest BCUT2D eigenvalue weighted by Crippen LogP contribution is -2.08. The second-order valence-corrected chi connectivity index (χ2v) is 5.59. The van der Waals surface area contributed by atoms with Gasteiger partial charge in [0.05, 0.1) is 25.1 Å². The molecule has 3 rings (SSSR count). The first-order valence-corrected chi connectivity index (χ1v) is 7.87. The fourth-order valence-electron chi connectivity index (χ4n) is 2.65. The maximum Gasteiger partial charge on any atom is 0.454 e. The van der Waals surface area contributed by atoms with E-state index in [4.69, 9.17) is 14.1 Å². The first-order valence-electron chi connectivity index (χ1n) is 7.87. The molecule has 23 heavy (non-hydrogen) atoms. The van der Waals surface area contributed by atoms with Gasteiger partial charge in [0.1, 0.15) is 0 Å². The summed E-state index contributed by atoms with van der Waals surface area (Å²) >= 11 is 0. The molecule has 0 saturated carbocycles. The van der Waals surface area contributed by atoms with E-state index < -0.39 is 7.12 Å². The van der Waals surface area contributed by atoms with E-state index in [1.165, 1.54) is 0 Å². The zero-order chi connectivity index (χ0) is 16.2. The second kappa shape index (κ2) is 7.06. The number of hydrogen-bond donors (Lipinski definition) is 1. The summed E-state index contributed by atoms with van der Waals surface area (Å²) in [4.78, 5) is 0. The Kier molecular flexibility index (Phi) is 4.88. The molecule has 1 fully saturated rings. The molecule has 1 aromatic carbocycles. The summed E-state index contributed by atoms with van der Waals surface area (Å²) < 4.78 is 18.1. The van der Waals surface area contributed by atoms with Gasteiger partial charge in [-0.3, -0.25) is 0 Å². The monoisotopic (exact) mass is 316 g/mol. The predicted molar refractivity (Wildman–Crippen MR) is 87.4 cm³/mol. The Morgan fingerprint density at radius 2 is 2.26 bits per heavy atom. The summed E-state index contributed by atoms with van der Waals surface area (Å²) in [5.41, 5.74) is 1.83. The highest BCUT2D eigenvalue weighted by Crippen LogP contribution is 2.31. The van der Waals surface area contributed by atoms with Crippen molar-refractivity contribution in [2.75, 3.05) is 20.3 Å². The Labute approximate surface area is 136 Å². The van der Waals surface area contributed by atoms with Crippen molar-refractivity contribution in [1.29, 1.82) is 0 Å². The van der Waals surface area contributed by atoms with E-state index in [9.17, 15) is 5.02 Å². The van der Waals surface area contributed by atoms with E-state index in [1.54, 1.807) is 11.8 Å². The van der Waals surface area contributed by atoms with Crippen LogP contribution in [0.5, 0.6) is 11.5 Å². The molecule has 122 valence electrons. The zero-order valence-corrected chi connectivity index (χ0v) is 13.4. The van der Waals surface area contributed by atoms with Crippen LogP contribution in [0.15, 0.2) is 30.5 Å². The van der Waals surface area contributed by atoms with Gasteiger partial charge < -0.3 is 19.2 Å². The topological polar surface area (TPSA) is 65.7 Å². The third-order valence-electron chi connectivity index (χ3n) is 3.88. The quantitative estimate of drug-likeness (QED) is 0.828. The zero-order valence-electron chi connectivity index (χ0n) is 13.4. The molecule has 2 aromatic rings. The van der Waals surface area contributed by atoms with E-state index >= 15 is 0 Å². The molecule has 6 nitrogen and oxygen atoms in total. The number of benzene rings is 1. The van der Waals surface area contributed by atoms with Crippen molar-refractivity contribution in [2.24, 2.45) is 0 Å². The van der Waals surface area contributed by atoms with Gasteiger partial charge in [-0.2, -0.15) is 5.10 Å². The fraction of sp³-hybridized carbons (Fsp3) is 0.438. The SMILES string of the molecule is CCCOc1cc(-n2ccc([C@@H]3COB(O)C3)n2)ccc1OC. The Balaban J connectivity index is 1.82. The van der Waals surface area contributed by atoms with Gasteiger partial charge in [0, 0.05) is 24.8 Å². The molecule has 0 radical (unpaired) electrons. The van der Waals surface area contributed by atoms with E-state index in [2.05, 4.69) is 12.0 Å². The molecule has 1 N–H and O–H groups in total. The minimum absolute atomic E-state index is 0.139. The lowest BCUT2D eigenvalue weighted by molar-refractivity contribution is 0.291. The minimum Gasteiger partial charge on any atom is -0.493 e. The summed E-state index contributed by atoms with van der Waals surface area (Å²) in [5.74, 6) is 1.56. The van der Waals surface area contributed by atoms with Gasteiger partial charge in [0.15, 0.2) is 11.5 Å². The third-order valence-corrected chi connectivity index (χ3v) is 3.88. The lowest BCUT2D eigenvalue weighted by Gasteiger charge is -2.12. The van der Waals surface area contributed by atoms with E-state index in [0.29, 0.717) is 31.0 Å². The Morgan fingerprint density at radius 3 is 2.96 bits per heavy atom. The molecule has 1 saturated heterocycles. The minimum atomic E-state index is -0.680. The van der Waals surface area contributed by atoms with Crippen molar-refractivity contribution in [3.8, 4) is 17.2 Å². The Morgan fingerprint density at radius 1 is 1.39 bits per heavy atom. The van der Waals surface area contributed by atoms with Gasteiger partial charge in [0.2, 0.25) is 0 Å². The lowest BCUT2D eigenvalue weighted by atomic mass is 9.81. The molecule has 7 heteroatoms. The van der Waals surface area contributed by atoms with Crippen molar-refractivity contribution >= 4 is 7.12 Å². The smallest absolute Gasteiger partial charge is 0.454 e. The number of hydrogen-bond acceptors (Lipinski definition) is 5. The van der Waals surface area contributed by atoms with Crippen LogP contribution in [-0.2, 0) is 4.65 Å². The molecular weight excluding hydrogens is 295 g/mol. The molecular formula is C16H21BN2O4. The van der Waals surface area contributed by atoms with Crippen molar-refractivity contribution in [3.05, 3.63) is 36.2 Å². The van der Waals surface area contributed by atoms with Crippen LogP contribution in [0, 0.1) is 0 Å². The Bertz CT molecular complexity index is 661. The van der Waals surface area contributed by atoms with Gasteiger partial charge in [-0.25, -0.2) is 4.68 Å². The molecule has 0 spiro atoms. The van der Waals surface area contributed by atoms with Gasteiger partial charge >= 0.3 is 7.12 Å².